The van der Waals surface area contributed by atoms with E-state index in [0.717, 1.165) is 6.07 Å². The van der Waals surface area contributed by atoms with E-state index in [1.165, 1.54) is 23.9 Å². The second-order valence-corrected chi connectivity index (χ2v) is 6.81. The van der Waals surface area contributed by atoms with Crippen LogP contribution in [0.2, 0.25) is 0 Å². The third-order valence-electron chi connectivity index (χ3n) is 3.94. The van der Waals surface area contributed by atoms with Crippen LogP contribution in [0, 0.1) is 0 Å². The van der Waals surface area contributed by atoms with Crippen molar-refractivity contribution >= 4 is 22.8 Å². The van der Waals surface area contributed by atoms with Gasteiger partial charge in [-0.2, -0.15) is 13.2 Å². The molecule has 8 heteroatoms. The number of benzene rings is 1. The highest BCUT2D eigenvalue weighted by Gasteiger charge is 2.47. The van der Waals surface area contributed by atoms with Gasteiger partial charge in [-0.05, 0) is 24.5 Å². The number of nitrogens with zero attached hydrogens (tertiary/aromatic N) is 1. The molecule has 1 aromatic rings. The van der Waals surface area contributed by atoms with E-state index in [0.29, 0.717) is 31.2 Å². The Labute approximate surface area is 135 Å². The van der Waals surface area contributed by atoms with Gasteiger partial charge in [0.05, 0.1) is 12.1 Å². The van der Waals surface area contributed by atoms with Crippen LogP contribution in [0.25, 0.3) is 0 Å². The number of carbonyl (C=O) groups is 1. The predicted molar refractivity (Wildman–Crippen MR) is 81.1 cm³/mol. The Balaban J connectivity index is 1.76. The van der Waals surface area contributed by atoms with Crippen molar-refractivity contribution in [1.29, 1.82) is 0 Å². The smallest absolute Gasteiger partial charge is 0.381 e. The molecule has 0 bridgehead atoms. The molecular weight excluding hydrogens is 329 g/mol. The molecule has 1 spiro atoms. The van der Waals surface area contributed by atoms with Crippen molar-refractivity contribution in [2.75, 3.05) is 13.2 Å². The molecule has 124 valence electrons. The van der Waals surface area contributed by atoms with Crippen molar-refractivity contribution < 1.29 is 22.7 Å². The van der Waals surface area contributed by atoms with Crippen molar-refractivity contribution in [2.24, 2.45) is 4.99 Å². The number of ether oxygens (including phenoxy) is 1. The van der Waals surface area contributed by atoms with Gasteiger partial charge in [-0.3, -0.25) is 9.79 Å². The van der Waals surface area contributed by atoms with Crippen LogP contribution in [0.1, 0.15) is 24.0 Å². The number of amides is 1. The first-order chi connectivity index (χ1) is 10.9. The number of rotatable bonds is 2. The minimum atomic E-state index is -4.41. The van der Waals surface area contributed by atoms with E-state index < -0.39 is 16.5 Å². The van der Waals surface area contributed by atoms with Crippen LogP contribution in [-0.4, -0.2) is 29.0 Å². The summed E-state index contributed by atoms with van der Waals surface area (Å²) in [5.74, 6) is -0.131. The lowest BCUT2D eigenvalue weighted by atomic mass is 9.98. The Kier molecular flexibility index (Phi) is 4.37. The Morgan fingerprint density at radius 2 is 1.96 bits per heavy atom. The Hall–Kier alpha value is -1.54. The van der Waals surface area contributed by atoms with E-state index in [4.69, 9.17) is 4.74 Å². The summed E-state index contributed by atoms with van der Waals surface area (Å²) in [6.45, 7) is 0.889. The maximum Gasteiger partial charge on any atom is 0.416 e. The molecular formula is C15H15F3N2O2S. The van der Waals surface area contributed by atoms with Gasteiger partial charge in [-0.15, -0.1) is 0 Å². The molecule has 2 fully saturated rings. The highest BCUT2D eigenvalue weighted by molar-refractivity contribution is 8.16. The number of carbonyl (C=O) groups excluding carboxylic acids is 1. The van der Waals surface area contributed by atoms with Crippen LogP contribution < -0.4 is 5.32 Å². The average Bonchev–Trinajstić information content (AvgIpc) is 2.81. The summed E-state index contributed by atoms with van der Waals surface area (Å²) in [5, 5.41) is 3.06. The molecule has 1 aromatic carbocycles. The van der Waals surface area contributed by atoms with Crippen LogP contribution in [-0.2, 0) is 22.3 Å². The lowest BCUT2D eigenvalue weighted by Crippen LogP contribution is -2.41. The number of thioether (sulfide) groups is 1. The molecule has 2 heterocycles. The molecule has 0 atom stereocenters. The number of hydrogen-bond acceptors (Lipinski definition) is 4. The van der Waals surface area contributed by atoms with Gasteiger partial charge in [0.1, 0.15) is 4.75 Å². The lowest BCUT2D eigenvalue weighted by molar-refractivity contribution is -0.138. The minimum absolute atomic E-state index is 0.0928. The summed E-state index contributed by atoms with van der Waals surface area (Å²) in [6.07, 6.45) is -3.24. The maximum absolute atomic E-state index is 13.0. The zero-order valence-electron chi connectivity index (χ0n) is 12.2. The molecule has 0 unspecified atom stereocenters. The summed E-state index contributed by atoms with van der Waals surface area (Å²) >= 11 is 1.30. The number of amidine groups is 1. The van der Waals surface area contributed by atoms with Crippen LogP contribution >= 0.6 is 11.8 Å². The number of aliphatic imine (C=N–C) groups is 1. The second kappa shape index (κ2) is 6.16. The number of alkyl halides is 3. The van der Waals surface area contributed by atoms with Gasteiger partial charge in [0, 0.05) is 13.2 Å². The zero-order valence-corrected chi connectivity index (χ0v) is 13.0. The molecule has 0 aliphatic carbocycles. The number of nitrogens with one attached hydrogen (secondary N) is 1. The lowest BCUT2D eigenvalue weighted by Gasteiger charge is -2.28. The van der Waals surface area contributed by atoms with Crippen molar-refractivity contribution in [3.05, 3.63) is 35.4 Å². The largest absolute Gasteiger partial charge is 0.416 e. The third-order valence-corrected chi connectivity index (χ3v) is 5.35. The predicted octanol–water partition coefficient (Wildman–Crippen LogP) is 2.97. The first-order valence-corrected chi connectivity index (χ1v) is 8.00. The molecule has 3 rings (SSSR count). The van der Waals surface area contributed by atoms with Crippen molar-refractivity contribution in [2.45, 2.75) is 30.3 Å². The Morgan fingerprint density at radius 3 is 2.65 bits per heavy atom. The fourth-order valence-corrected chi connectivity index (χ4v) is 3.82. The van der Waals surface area contributed by atoms with Crippen molar-refractivity contribution in [3.63, 3.8) is 0 Å². The van der Waals surface area contributed by atoms with Crippen molar-refractivity contribution in [1.82, 2.24) is 5.32 Å². The van der Waals surface area contributed by atoms with E-state index in [9.17, 15) is 18.0 Å². The standard InChI is InChI=1S/C15H15F3N2O2S/c16-15(17,18)11-4-2-1-3-10(11)9-19-13-20-12(21)14(23-13)5-7-22-8-6-14/h1-4H,5-9H2,(H,19,20,21). The monoisotopic (exact) mass is 344 g/mol. The molecule has 1 amide bonds. The summed E-state index contributed by atoms with van der Waals surface area (Å²) in [4.78, 5) is 16.3. The summed E-state index contributed by atoms with van der Waals surface area (Å²) in [6, 6.07) is 5.34. The molecule has 2 aliphatic heterocycles. The topological polar surface area (TPSA) is 50.7 Å². The number of hydrogen-bond donors (Lipinski definition) is 1. The van der Waals surface area contributed by atoms with Gasteiger partial charge >= 0.3 is 6.18 Å². The molecule has 2 saturated heterocycles. The summed E-state index contributed by atoms with van der Waals surface area (Å²) in [7, 11) is 0. The first-order valence-electron chi connectivity index (χ1n) is 7.18. The maximum atomic E-state index is 13.0. The normalized spacial score (nSPS) is 22.6. The fraction of sp³-hybridized carbons (Fsp3) is 0.467. The van der Waals surface area contributed by atoms with E-state index >= 15 is 0 Å². The Bertz CT molecular complexity index is 640. The Morgan fingerprint density at radius 1 is 1.26 bits per heavy atom. The van der Waals surface area contributed by atoms with E-state index in [1.807, 2.05) is 0 Å². The van der Waals surface area contributed by atoms with Crippen LogP contribution in [0.4, 0.5) is 13.2 Å². The average molecular weight is 344 g/mol. The van der Waals surface area contributed by atoms with E-state index in [-0.39, 0.29) is 18.0 Å². The molecule has 23 heavy (non-hydrogen) atoms. The molecule has 2 aliphatic rings. The van der Waals surface area contributed by atoms with Gasteiger partial charge in [-0.25, -0.2) is 0 Å². The second-order valence-electron chi connectivity index (χ2n) is 5.44. The highest BCUT2D eigenvalue weighted by Crippen LogP contribution is 2.40. The van der Waals surface area contributed by atoms with Gasteiger partial charge < -0.3 is 10.1 Å². The van der Waals surface area contributed by atoms with Crippen LogP contribution in [0.5, 0.6) is 0 Å². The molecule has 0 saturated carbocycles. The fourth-order valence-electron chi connectivity index (χ4n) is 2.66. The third kappa shape index (κ3) is 3.37. The quantitative estimate of drug-likeness (QED) is 0.897. The molecule has 1 N–H and O–H groups in total. The van der Waals surface area contributed by atoms with Gasteiger partial charge in [0.2, 0.25) is 5.91 Å². The molecule has 4 nitrogen and oxygen atoms in total. The molecule has 0 radical (unpaired) electrons. The van der Waals surface area contributed by atoms with Gasteiger partial charge in [0.15, 0.2) is 5.17 Å². The summed E-state index contributed by atoms with van der Waals surface area (Å²) in [5.41, 5.74) is -0.602. The van der Waals surface area contributed by atoms with Crippen LogP contribution in [0.3, 0.4) is 0 Å². The van der Waals surface area contributed by atoms with E-state index in [1.54, 1.807) is 6.07 Å². The number of halogens is 3. The molecule has 0 aromatic heterocycles. The van der Waals surface area contributed by atoms with Crippen LogP contribution in [0.15, 0.2) is 29.3 Å². The minimum Gasteiger partial charge on any atom is -0.381 e. The van der Waals surface area contributed by atoms with Gasteiger partial charge in [-0.1, -0.05) is 30.0 Å². The van der Waals surface area contributed by atoms with E-state index in [2.05, 4.69) is 10.3 Å². The van der Waals surface area contributed by atoms with Crippen molar-refractivity contribution in [3.8, 4) is 0 Å². The first kappa shape index (κ1) is 16.3. The van der Waals surface area contributed by atoms with Gasteiger partial charge in [0.25, 0.3) is 0 Å². The zero-order chi connectivity index (χ0) is 16.5. The highest BCUT2D eigenvalue weighted by atomic mass is 32.2. The summed E-state index contributed by atoms with van der Waals surface area (Å²) < 4.78 is 43.6. The SMILES string of the molecule is O=C1NC(=NCc2ccccc2C(F)(F)F)SC12CCOCC2.